The third kappa shape index (κ3) is 3.64. The first kappa shape index (κ1) is 13.2. The van der Waals surface area contributed by atoms with Crippen LogP contribution < -0.4 is 4.74 Å². The smallest absolute Gasteiger partial charge is 0.119 e. The van der Waals surface area contributed by atoms with Crippen LogP contribution in [0.4, 0.5) is 0 Å². The minimum Gasteiger partial charge on any atom is -0.494 e. The standard InChI is InChI=1S/C16H19ClO/c1-13(8-10-17)9-11-18-16-7-6-14-4-2-3-5-15(14)12-16/h2-7,12-13H,8-11H2,1H3. The molecule has 0 amide bonds. The number of fused-ring (bicyclic) bond motifs is 1. The van der Waals surface area contributed by atoms with E-state index < -0.39 is 0 Å². The first-order chi connectivity index (χ1) is 8.79. The van der Waals surface area contributed by atoms with Crippen LogP contribution in [0.15, 0.2) is 42.5 Å². The molecule has 0 aliphatic carbocycles. The van der Waals surface area contributed by atoms with E-state index in [1.807, 2.05) is 6.07 Å². The Bertz CT molecular complexity index is 495. The van der Waals surface area contributed by atoms with E-state index in [-0.39, 0.29) is 0 Å². The number of hydrogen-bond donors (Lipinski definition) is 0. The second-order valence-electron chi connectivity index (χ2n) is 4.73. The Morgan fingerprint density at radius 2 is 1.83 bits per heavy atom. The summed E-state index contributed by atoms with van der Waals surface area (Å²) in [6.45, 7) is 2.97. The molecule has 0 aromatic heterocycles. The molecular formula is C16H19ClO. The molecule has 0 spiro atoms. The van der Waals surface area contributed by atoms with Crippen molar-refractivity contribution in [2.75, 3.05) is 12.5 Å². The number of benzene rings is 2. The maximum Gasteiger partial charge on any atom is 0.119 e. The van der Waals surface area contributed by atoms with Crippen molar-refractivity contribution in [1.29, 1.82) is 0 Å². The van der Waals surface area contributed by atoms with Gasteiger partial charge in [0.05, 0.1) is 6.61 Å². The molecule has 1 nitrogen and oxygen atoms in total. The van der Waals surface area contributed by atoms with Crippen molar-refractivity contribution < 1.29 is 4.74 Å². The molecule has 0 fully saturated rings. The topological polar surface area (TPSA) is 9.23 Å². The molecule has 0 radical (unpaired) electrons. The third-order valence-corrected chi connectivity index (χ3v) is 3.42. The number of hydrogen-bond acceptors (Lipinski definition) is 1. The zero-order chi connectivity index (χ0) is 12.8. The van der Waals surface area contributed by atoms with Gasteiger partial charge in [-0.25, -0.2) is 0 Å². The highest BCUT2D eigenvalue weighted by Crippen LogP contribution is 2.21. The Hall–Kier alpha value is -1.21. The summed E-state index contributed by atoms with van der Waals surface area (Å²) in [7, 11) is 0. The van der Waals surface area contributed by atoms with Gasteiger partial charge in [0.1, 0.15) is 5.75 Å². The van der Waals surface area contributed by atoms with E-state index in [9.17, 15) is 0 Å². The van der Waals surface area contributed by atoms with Crippen LogP contribution in [0.1, 0.15) is 19.8 Å². The second kappa shape index (κ2) is 6.65. The van der Waals surface area contributed by atoms with Crippen molar-refractivity contribution in [3.63, 3.8) is 0 Å². The summed E-state index contributed by atoms with van der Waals surface area (Å²) < 4.78 is 5.79. The van der Waals surface area contributed by atoms with Gasteiger partial charge in [0.15, 0.2) is 0 Å². The van der Waals surface area contributed by atoms with Crippen molar-refractivity contribution in [2.45, 2.75) is 19.8 Å². The Morgan fingerprint density at radius 1 is 1.06 bits per heavy atom. The first-order valence-corrected chi connectivity index (χ1v) is 7.00. The summed E-state index contributed by atoms with van der Waals surface area (Å²) in [5.74, 6) is 2.31. The van der Waals surface area contributed by atoms with Crippen molar-refractivity contribution >= 4 is 22.4 Å². The molecule has 0 aliphatic rings. The fourth-order valence-corrected chi connectivity index (χ4v) is 2.34. The van der Waals surface area contributed by atoms with Crippen LogP contribution in [-0.4, -0.2) is 12.5 Å². The molecule has 0 bridgehead atoms. The number of rotatable bonds is 6. The molecule has 0 N–H and O–H groups in total. The van der Waals surface area contributed by atoms with E-state index in [0.717, 1.165) is 31.1 Å². The van der Waals surface area contributed by atoms with E-state index in [1.165, 1.54) is 10.8 Å². The largest absolute Gasteiger partial charge is 0.494 e. The molecular weight excluding hydrogens is 244 g/mol. The van der Waals surface area contributed by atoms with Gasteiger partial charge in [-0.15, -0.1) is 11.6 Å². The normalized spacial score (nSPS) is 12.6. The molecule has 2 heteroatoms. The lowest BCUT2D eigenvalue weighted by Gasteiger charge is -2.11. The first-order valence-electron chi connectivity index (χ1n) is 6.47. The second-order valence-corrected chi connectivity index (χ2v) is 5.11. The third-order valence-electron chi connectivity index (χ3n) is 3.20. The lowest BCUT2D eigenvalue weighted by molar-refractivity contribution is 0.282. The van der Waals surface area contributed by atoms with Crippen molar-refractivity contribution in [1.82, 2.24) is 0 Å². The van der Waals surface area contributed by atoms with Gasteiger partial charge in [0.25, 0.3) is 0 Å². The fraction of sp³-hybridized carbons (Fsp3) is 0.375. The van der Waals surface area contributed by atoms with Gasteiger partial charge in [-0.1, -0.05) is 37.3 Å². The molecule has 1 unspecified atom stereocenters. The highest BCUT2D eigenvalue weighted by molar-refractivity contribution is 6.17. The van der Waals surface area contributed by atoms with E-state index in [4.69, 9.17) is 16.3 Å². The quantitative estimate of drug-likeness (QED) is 0.675. The molecule has 1 atom stereocenters. The SMILES string of the molecule is CC(CCCl)CCOc1ccc2ccccc2c1. The minimum atomic E-state index is 0.628. The lowest BCUT2D eigenvalue weighted by Crippen LogP contribution is -2.04. The molecule has 0 saturated carbocycles. The van der Waals surface area contributed by atoms with Crippen molar-refractivity contribution in [3.8, 4) is 5.75 Å². The van der Waals surface area contributed by atoms with Crippen LogP contribution in [0.3, 0.4) is 0 Å². The number of ether oxygens (including phenoxy) is 1. The van der Waals surface area contributed by atoms with Gasteiger partial charge >= 0.3 is 0 Å². The van der Waals surface area contributed by atoms with Gasteiger partial charge in [-0.2, -0.15) is 0 Å². The minimum absolute atomic E-state index is 0.628. The monoisotopic (exact) mass is 262 g/mol. The van der Waals surface area contributed by atoms with Crippen LogP contribution in [0, 0.1) is 5.92 Å². The Morgan fingerprint density at radius 3 is 2.61 bits per heavy atom. The highest BCUT2D eigenvalue weighted by atomic mass is 35.5. The average molecular weight is 263 g/mol. The van der Waals surface area contributed by atoms with Gasteiger partial charge in [-0.05, 0) is 41.7 Å². The highest BCUT2D eigenvalue weighted by Gasteiger charge is 2.02. The summed E-state index contributed by atoms with van der Waals surface area (Å²) in [5, 5.41) is 2.48. The van der Waals surface area contributed by atoms with E-state index >= 15 is 0 Å². The molecule has 96 valence electrons. The number of alkyl halides is 1. The van der Waals surface area contributed by atoms with Gasteiger partial charge in [0, 0.05) is 5.88 Å². The Labute approximate surface area is 114 Å². The summed E-state index contributed by atoms with van der Waals surface area (Å²) in [6, 6.07) is 14.6. The zero-order valence-electron chi connectivity index (χ0n) is 10.7. The maximum absolute atomic E-state index is 5.79. The maximum atomic E-state index is 5.79. The molecule has 0 heterocycles. The van der Waals surface area contributed by atoms with Gasteiger partial charge < -0.3 is 4.74 Å². The summed E-state index contributed by atoms with van der Waals surface area (Å²) in [5.41, 5.74) is 0. The molecule has 2 rings (SSSR count). The average Bonchev–Trinajstić information content (AvgIpc) is 2.39. The van der Waals surface area contributed by atoms with Crippen LogP contribution in [-0.2, 0) is 0 Å². The molecule has 2 aromatic rings. The van der Waals surface area contributed by atoms with E-state index in [1.54, 1.807) is 0 Å². The Kier molecular flexibility index (Phi) is 4.89. The van der Waals surface area contributed by atoms with Crippen LogP contribution in [0.2, 0.25) is 0 Å². The fourth-order valence-electron chi connectivity index (χ4n) is 1.97. The van der Waals surface area contributed by atoms with Gasteiger partial charge in [-0.3, -0.25) is 0 Å². The summed E-state index contributed by atoms with van der Waals surface area (Å²) >= 11 is 5.72. The Balaban J connectivity index is 1.91. The van der Waals surface area contributed by atoms with Gasteiger partial charge in [0.2, 0.25) is 0 Å². The zero-order valence-corrected chi connectivity index (χ0v) is 11.5. The molecule has 0 aliphatic heterocycles. The molecule has 0 saturated heterocycles. The lowest BCUT2D eigenvalue weighted by atomic mass is 10.1. The predicted octanol–water partition coefficient (Wildman–Crippen LogP) is 4.87. The van der Waals surface area contributed by atoms with Crippen LogP contribution in [0.5, 0.6) is 5.75 Å². The van der Waals surface area contributed by atoms with E-state index in [2.05, 4.69) is 43.3 Å². The van der Waals surface area contributed by atoms with Crippen molar-refractivity contribution in [2.24, 2.45) is 5.92 Å². The molecule has 18 heavy (non-hydrogen) atoms. The molecule has 2 aromatic carbocycles. The van der Waals surface area contributed by atoms with Crippen LogP contribution in [0.25, 0.3) is 10.8 Å². The predicted molar refractivity (Wildman–Crippen MR) is 78.6 cm³/mol. The number of halogens is 1. The summed E-state index contributed by atoms with van der Waals surface area (Å²) in [6.07, 6.45) is 2.11. The van der Waals surface area contributed by atoms with E-state index in [0.29, 0.717) is 5.92 Å². The summed E-state index contributed by atoms with van der Waals surface area (Å²) in [4.78, 5) is 0. The van der Waals surface area contributed by atoms with Crippen molar-refractivity contribution in [3.05, 3.63) is 42.5 Å². The van der Waals surface area contributed by atoms with Crippen LogP contribution >= 0.6 is 11.6 Å².